The maximum atomic E-state index is 12.3. The first-order valence-corrected chi connectivity index (χ1v) is 8.13. The van der Waals surface area contributed by atoms with Crippen LogP contribution >= 0.6 is 0 Å². The molecule has 0 spiro atoms. The molecule has 5 heteroatoms. The number of amides is 1. The summed E-state index contributed by atoms with van der Waals surface area (Å²) < 4.78 is 7.35. The number of benzene rings is 1. The van der Waals surface area contributed by atoms with Crippen molar-refractivity contribution in [3.63, 3.8) is 0 Å². The Morgan fingerprint density at radius 2 is 1.88 bits per heavy atom. The molecule has 1 N–H and O–H groups in total. The maximum absolute atomic E-state index is 12.3. The molecule has 1 atom stereocenters. The lowest BCUT2D eigenvalue weighted by Crippen LogP contribution is -2.35. The zero-order valence-corrected chi connectivity index (χ0v) is 14.6. The van der Waals surface area contributed by atoms with Crippen molar-refractivity contribution in [2.24, 2.45) is 0 Å². The van der Waals surface area contributed by atoms with Crippen LogP contribution in [0.2, 0.25) is 0 Å². The van der Waals surface area contributed by atoms with Gasteiger partial charge in [0.2, 0.25) is 0 Å². The number of nitrogens with one attached hydrogen (secondary N) is 1. The Morgan fingerprint density at radius 1 is 1.21 bits per heavy atom. The van der Waals surface area contributed by atoms with E-state index in [4.69, 9.17) is 4.74 Å². The van der Waals surface area contributed by atoms with Crippen LogP contribution in [-0.4, -0.2) is 22.5 Å². The summed E-state index contributed by atoms with van der Waals surface area (Å²) in [5.74, 6) is -0.776. The van der Waals surface area contributed by atoms with Gasteiger partial charge in [0, 0.05) is 24.5 Å². The summed E-state index contributed by atoms with van der Waals surface area (Å²) in [5, 5.41) is 2.78. The van der Waals surface area contributed by atoms with Crippen LogP contribution in [0.3, 0.4) is 0 Å². The minimum absolute atomic E-state index is 0.309. The molecule has 0 saturated carbocycles. The fraction of sp³-hybridized carbons (Fsp3) is 0.368. The van der Waals surface area contributed by atoms with Gasteiger partial charge in [0.25, 0.3) is 5.91 Å². The third kappa shape index (κ3) is 4.04. The van der Waals surface area contributed by atoms with Gasteiger partial charge in [-0.15, -0.1) is 0 Å². The molecule has 1 aromatic heterocycles. The fourth-order valence-corrected chi connectivity index (χ4v) is 2.70. The second kappa shape index (κ2) is 7.81. The number of nitrogens with zero attached hydrogens (tertiary/aromatic N) is 1. The summed E-state index contributed by atoms with van der Waals surface area (Å²) in [6.45, 7) is 8.63. The summed E-state index contributed by atoms with van der Waals surface area (Å²) in [6.07, 6.45) is -0.842. The van der Waals surface area contributed by atoms with Crippen LogP contribution in [0.25, 0.3) is 0 Å². The van der Waals surface area contributed by atoms with Crippen molar-refractivity contribution in [3.05, 3.63) is 58.9 Å². The van der Waals surface area contributed by atoms with E-state index in [-0.39, 0.29) is 5.91 Å². The van der Waals surface area contributed by atoms with Gasteiger partial charge in [-0.1, -0.05) is 30.3 Å². The van der Waals surface area contributed by atoms with Crippen molar-refractivity contribution < 1.29 is 14.3 Å². The van der Waals surface area contributed by atoms with Crippen molar-refractivity contribution >= 4 is 11.9 Å². The molecule has 24 heavy (non-hydrogen) atoms. The van der Waals surface area contributed by atoms with Crippen molar-refractivity contribution in [2.45, 2.75) is 46.9 Å². The number of hydrogen-bond acceptors (Lipinski definition) is 3. The Kier molecular flexibility index (Phi) is 5.79. The fourth-order valence-electron chi connectivity index (χ4n) is 2.70. The van der Waals surface area contributed by atoms with Crippen molar-refractivity contribution in [1.29, 1.82) is 0 Å². The molecule has 0 aliphatic carbocycles. The number of hydrogen-bond donors (Lipinski definition) is 1. The Morgan fingerprint density at radius 3 is 2.46 bits per heavy atom. The van der Waals surface area contributed by atoms with Gasteiger partial charge in [0.1, 0.15) is 0 Å². The Hall–Kier alpha value is -2.56. The topological polar surface area (TPSA) is 60.3 Å². The number of esters is 1. The maximum Gasteiger partial charge on any atom is 0.340 e. The summed E-state index contributed by atoms with van der Waals surface area (Å²) >= 11 is 0. The third-order valence-electron chi connectivity index (χ3n) is 4.07. The number of rotatable bonds is 6. The zero-order chi connectivity index (χ0) is 17.7. The van der Waals surface area contributed by atoms with E-state index in [1.54, 1.807) is 13.0 Å². The standard InChI is InChI=1S/C19H24N2O3/c1-5-21-13(2)11-17(14(21)3)19(23)24-15(4)18(22)20-12-16-9-7-6-8-10-16/h6-11,15H,5,12H2,1-4H3,(H,20,22)/t15-/m0/s1. The summed E-state index contributed by atoms with van der Waals surface area (Å²) in [7, 11) is 0. The Balaban J connectivity index is 1.94. The number of aryl methyl sites for hydroxylation is 1. The van der Waals surface area contributed by atoms with E-state index in [2.05, 4.69) is 5.32 Å². The average Bonchev–Trinajstić information content (AvgIpc) is 2.87. The molecule has 0 radical (unpaired) electrons. The minimum Gasteiger partial charge on any atom is -0.449 e. The molecule has 2 aromatic rings. The highest BCUT2D eigenvalue weighted by Crippen LogP contribution is 2.16. The first-order valence-electron chi connectivity index (χ1n) is 8.13. The molecular weight excluding hydrogens is 304 g/mol. The quantitative estimate of drug-likeness (QED) is 0.829. The minimum atomic E-state index is -0.842. The highest BCUT2D eigenvalue weighted by atomic mass is 16.5. The van der Waals surface area contributed by atoms with Gasteiger partial charge in [-0.25, -0.2) is 4.79 Å². The zero-order valence-electron chi connectivity index (χ0n) is 14.6. The molecule has 2 rings (SSSR count). The first kappa shape index (κ1) is 17.8. The van der Waals surface area contributed by atoms with E-state index in [0.29, 0.717) is 12.1 Å². The highest BCUT2D eigenvalue weighted by Gasteiger charge is 2.22. The van der Waals surface area contributed by atoms with Crippen LogP contribution in [0, 0.1) is 13.8 Å². The number of aromatic nitrogens is 1. The molecular formula is C19H24N2O3. The highest BCUT2D eigenvalue weighted by molar-refractivity contribution is 5.93. The molecule has 0 aliphatic heterocycles. The first-order chi connectivity index (χ1) is 11.4. The molecule has 1 heterocycles. The SMILES string of the molecule is CCn1c(C)cc(C(=O)O[C@@H](C)C(=O)NCc2ccccc2)c1C. The van der Waals surface area contributed by atoms with Gasteiger partial charge < -0.3 is 14.6 Å². The lowest BCUT2D eigenvalue weighted by molar-refractivity contribution is -0.129. The molecule has 0 bridgehead atoms. The Labute approximate surface area is 142 Å². The van der Waals surface area contributed by atoms with E-state index in [1.807, 2.05) is 55.7 Å². The predicted octanol–water partition coefficient (Wildman–Crippen LogP) is 2.99. The van der Waals surface area contributed by atoms with Crippen LogP contribution in [0.5, 0.6) is 0 Å². The number of ether oxygens (including phenoxy) is 1. The summed E-state index contributed by atoms with van der Waals surface area (Å²) in [5.41, 5.74) is 3.37. The number of carbonyl (C=O) groups excluding carboxylic acids is 2. The van der Waals surface area contributed by atoms with Gasteiger partial charge in [-0.2, -0.15) is 0 Å². The van der Waals surface area contributed by atoms with Crippen molar-refractivity contribution in [1.82, 2.24) is 9.88 Å². The smallest absolute Gasteiger partial charge is 0.340 e. The van der Waals surface area contributed by atoms with Gasteiger partial charge >= 0.3 is 5.97 Å². The average molecular weight is 328 g/mol. The molecule has 0 saturated heterocycles. The third-order valence-corrected chi connectivity index (χ3v) is 4.07. The molecule has 0 fully saturated rings. The van der Waals surface area contributed by atoms with Crippen LogP contribution in [-0.2, 0) is 22.6 Å². The van der Waals surface area contributed by atoms with Gasteiger partial charge in [-0.05, 0) is 39.3 Å². The summed E-state index contributed by atoms with van der Waals surface area (Å²) in [6, 6.07) is 11.4. The van der Waals surface area contributed by atoms with Gasteiger partial charge in [0.05, 0.1) is 5.56 Å². The lowest BCUT2D eigenvalue weighted by Gasteiger charge is -2.14. The molecule has 0 unspecified atom stereocenters. The molecule has 0 aliphatic rings. The molecule has 1 aromatic carbocycles. The monoisotopic (exact) mass is 328 g/mol. The van der Waals surface area contributed by atoms with Crippen molar-refractivity contribution in [3.8, 4) is 0 Å². The molecule has 5 nitrogen and oxygen atoms in total. The van der Waals surface area contributed by atoms with Crippen molar-refractivity contribution in [2.75, 3.05) is 0 Å². The number of carbonyl (C=O) groups is 2. The van der Waals surface area contributed by atoms with Crippen LogP contribution in [0.4, 0.5) is 0 Å². The van der Waals surface area contributed by atoms with Gasteiger partial charge in [0.15, 0.2) is 6.10 Å². The van der Waals surface area contributed by atoms with E-state index < -0.39 is 12.1 Å². The predicted molar refractivity (Wildman–Crippen MR) is 92.7 cm³/mol. The second-order valence-corrected chi connectivity index (χ2v) is 5.78. The van der Waals surface area contributed by atoms with Crippen LogP contribution in [0.1, 0.15) is 41.2 Å². The largest absolute Gasteiger partial charge is 0.449 e. The molecule has 1 amide bonds. The second-order valence-electron chi connectivity index (χ2n) is 5.78. The summed E-state index contributed by atoms with van der Waals surface area (Å²) in [4.78, 5) is 24.4. The normalized spacial score (nSPS) is 11.8. The Bertz CT molecular complexity index is 720. The van der Waals surface area contributed by atoms with E-state index >= 15 is 0 Å². The van der Waals surface area contributed by atoms with E-state index in [9.17, 15) is 9.59 Å². The van der Waals surface area contributed by atoms with Gasteiger partial charge in [-0.3, -0.25) is 4.79 Å². The van der Waals surface area contributed by atoms with E-state index in [0.717, 1.165) is 23.5 Å². The van der Waals surface area contributed by atoms with Crippen LogP contribution < -0.4 is 5.32 Å². The molecule has 128 valence electrons. The van der Waals surface area contributed by atoms with E-state index in [1.165, 1.54) is 0 Å². The lowest BCUT2D eigenvalue weighted by atomic mass is 10.2. The van der Waals surface area contributed by atoms with Crippen LogP contribution in [0.15, 0.2) is 36.4 Å².